The van der Waals surface area contributed by atoms with Crippen molar-refractivity contribution in [3.8, 4) is 11.4 Å². The van der Waals surface area contributed by atoms with Gasteiger partial charge >= 0.3 is 5.97 Å². The Hall–Kier alpha value is -2.64. The number of nitrogens with one attached hydrogen (secondary N) is 1. The van der Waals surface area contributed by atoms with Crippen molar-refractivity contribution in [3.05, 3.63) is 62.1 Å². The van der Waals surface area contributed by atoms with Crippen LogP contribution in [0.2, 0.25) is 5.02 Å². The minimum Gasteiger partial charge on any atom is -0.507 e. The van der Waals surface area contributed by atoms with E-state index >= 15 is 0 Å². The highest BCUT2D eigenvalue weighted by Crippen LogP contribution is 2.22. The number of aromatic carboxylic acids is 1. The number of rotatable bonds is 2. The fourth-order valence-electron chi connectivity index (χ4n) is 2.26. The van der Waals surface area contributed by atoms with Gasteiger partial charge in [-0.1, -0.05) is 11.6 Å². The average molecular weight is 349 g/mol. The molecule has 0 spiro atoms. The highest BCUT2D eigenvalue weighted by molar-refractivity contribution is 7.71. The molecule has 0 unspecified atom stereocenters. The third-order valence-electron chi connectivity index (χ3n) is 3.33. The molecular weight excluding hydrogens is 340 g/mol. The summed E-state index contributed by atoms with van der Waals surface area (Å²) >= 11 is 11.1. The van der Waals surface area contributed by atoms with Crippen molar-refractivity contribution in [3.63, 3.8) is 0 Å². The van der Waals surface area contributed by atoms with Gasteiger partial charge < -0.3 is 15.2 Å². The van der Waals surface area contributed by atoms with E-state index in [4.69, 9.17) is 28.9 Å². The van der Waals surface area contributed by atoms with Gasteiger partial charge in [-0.05, 0) is 42.5 Å². The van der Waals surface area contributed by atoms with Gasteiger partial charge in [0.1, 0.15) is 11.3 Å². The maximum atomic E-state index is 12.6. The number of carbonyl (C=O) groups is 1. The number of halogens is 1. The molecule has 1 heterocycles. The Labute approximate surface area is 139 Å². The molecule has 0 saturated heterocycles. The molecule has 0 aliphatic rings. The predicted octanol–water partition coefficient (Wildman–Crippen LogP) is 3.11. The van der Waals surface area contributed by atoms with Crippen LogP contribution in [0, 0.1) is 4.77 Å². The Kier molecular flexibility index (Phi) is 3.67. The molecule has 3 aromatic rings. The molecule has 6 nitrogen and oxygen atoms in total. The number of aromatic hydroxyl groups is 1. The van der Waals surface area contributed by atoms with Crippen molar-refractivity contribution in [2.75, 3.05) is 0 Å². The number of hydrogen-bond acceptors (Lipinski definition) is 4. The minimum absolute atomic E-state index is 0.104. The summed E-state index contributed by atoms with van der Waals surface area (Å²) in [6, 6.07) is 8.51. The molecular formula is C15H9ClN2O4S. The fraction of sp³-hybridized carbons (Fsp3) is 0. The zero-order valence-corrected chi connectivity index (χ0v) is 13.0. The molecule has 1 aromatic heterocycles. The Morgan fingerprint density at radius 1 is 1.22 bits per heavy atom. The molecule has 0 aliphatic carbocycles. The van der Waals surface area contributed by atoms with Gasteiger partial charge in [0, 0.05) is 11.1 Å². The zero-order chi connectivity index (χ0) is 16.7. The third kappa shape index (κ3) is 2.60. The van der Waals surface area contributed by atoms with Crippen LogP contribution in [-0.2, 0) is 0 Å². The monoisotopic (exact) mass is 348 g/mol. The summed E-state index contributed by atoms with van der Waals surface area (Å²) in [5.41, 5.74) is 0.0953. The van der Waals surface area contributed by atoms with Crippen LogP contribution in [0.3, 0.4) is 0 Å². The van der Waals surface area contributed by atoms with Crippen molar-refractivity contribution < 1.29 is 15.0 Å². The number of nitrogens with zero attached hydrogens (tertiary/aromatic N) is 1. The number of aromatic nitrogens is 2. The zero-order valence-electron chi connectivity index (χ0n) is 11.4. The molecule has 3 N–H and O–H groups in total. The summed E-state index contributed by atoms with van der Waals surface area (Å²) in [7, 11) is 0. The summed E-state index contributed by atoms with van der Waals surface area (Å²) in [5, 5.41) is 19.6. The SMILES string of the molecule is O=C(O)c1ccc(-n2c(=S)[nH]c3cc(Cl)ccc3c2=O)cc1O. The van der Waals surface area contributed by atoms with E-state index in [0.29, 0.717) is 15.9 Å². The van der Waals surface area contributed by atoms with Gasteiger partial charge in [0.25, 0.3) is 5.56 Å². The first-order valence-corrected chi connectivity index (χ1v) is 7.18. The van der Waals surface area contributed by atoms with Gasteiger partial charge in [0.2, 0.25) is 0 Å². The van der Waals surface area contributed by atoms with Crippen molar-refractivity contribution in [1.82, 2.24) is 9.55 Å². The predicted molar refractivity (Wildman–Crippen MR) is 88.4 cm³/mol. The number of aromatic amines is 1. The van der Waals surface area contributed by atoms with E-state index in [1.54, 1.807) is 18.2 Å². The van der Waals surface area contributed by atoms with Crippen LogP contribution < -0.4 is 5.56 Å². The fourth-order valence-corrected chi connectivity index (χ4v) is 2.74. The van der Waals surface area contributed by atoms with Crippen molar-refractivity contribution >= 4 is 40.7 Å². The second-order valence-electron chi connectivity index (χ2n) is 4.77. The summed E-state index contributed by atoms with van der Waals surface area (Å²) in [6.07, 6.45) is 0. The second kappa shape index (κ2) is 5.53. The first kappa shape index (κ1) is 15.3. The number of hydrogen-bond donors (Lipinski definition) is 3. The molecule has 0 radical (unpaired) electrons. The van der Waals surface area contributed by atoms with Crippen molar-refractivity contribution in [2.24, 2.45) is 0 Å². The van der Waals surface area contributed by atoms with Crippen molar-refractivity contribution in [2.45, 2.75) is 0 Å². The van der Waals surface area contributed by atoms with Gasteiger partial charge in [-0.2, -0.15) is 0 Å². The Balaban J connectivity index is 2.31. The lowest BCUT2D eigenvalue weighted by atomic mass is 10.1. The number of fused-ring (bicyclic) bond motifs is 1. The van der Waals surface area contributed by atoms with Crippen LogP contribution in [-0.4, -0.2) is 25.7 Å². The quantitative estimate of drug-likeness (QED) is 0.618. The van der Waals surface area contributed by atoms with E-state index in [-0.39, 0.29) is 16.0 Å². The molecule has 0 saturated carbocycles. The maximum Gasteiger partial charge on any atom is 0.339 e. The van der Waals surface area contributed by atoms with Gasteiger partial charge in [0.05, 0.1) is 16.6 Å². The van der Waals surface area contributed by atoms with Crippen LogP contribution in [0.25, 0.3) is 16.6 Å². The summed E-state index contributed by atoms with van der Waals surface area (Å²) < 4.78 is 1.28. The number of benzene rings is 2. The molecule has 3 rings (SSSR count). The third-order valence-corrected chi connectivity index (χ3v) is 3.85. The van der Waals surface area contributed by atoms with E-state index in [0.717, 1.165) is 0 Å². The second-order valence-corrected chi connectivity index (χ2v) is 5.59. The van der Waals surface area contributed by atoms with Gasteiger partial charge in [-0.3, -0.25) is 9.36 Å². The van der Waals surface area contributed by atoms with Gasteiger partial charge in [-0.15, -0.1) is 0 Å². The largest absolute Gasteiger partial charge is 0.507 e. The molecule has 0 atom stereocenters. The lowest BCUT2D eigenvalue weighted by molar-refractivity contribution is 0.0694. The van der Waals surface area contributed by atoms with Crippen molar-refractivity contribution in [1.29, 1.82) is 0 Å². The first-order chi connectivity index (χ1) is 10.9. The normalized spacial score (nSPS) is 10.8. The highest BCUT2D eigenvalue weighted by Gasteiger charge is 2.13. The van der Waals surface area contributed by atoms with Crippen LogP contribution in [0.1, 0.15) is 10.4 Å². The molecule has 0 bridgehead atoms. The van der Waals surface area contributed by atoms with Crippen LogP contribution >= 0.6 is 23.8 Å². The number of H-pyrrole nitrogens is 1. The van der Waals surface area contributed by atoms with Gasteiger partial charge in [-0.25, -0.2) is 4.79 Å². The van der Waals surface area contributed by atoms with E-state index in [1.807, 2.05) is 0 Å². The van der Waals surface area contributed by atoms with Crippen LogP contribution in [0.15, 0.2) is 41.2 Å². The van der Waals surface area contributed by atoms with Crippen LogP contribution in [0.5, 0.6) is 5.75 Å². The summed E-state index contributed by atoms with van der Waals surface area (Å²) in [6.45, 7) is 0. The molecule has 0 amide bonds. The number of carboxylic acid groups (broad SMARTS) is 1. The maximum absolute atomic E-state index is 12.6. The lowest BCUT2D eigenvalue weighted by Gasteiger charge is -2.09. The first-order valence-electron chi connectivity index (χ1n) is 6.40. The van der Waals surface area contributed by atoms with E-state index < -0.39 is 17.3 Å². The molecule has 8 heteroatoms. The Morgan fingerprint density at radius 2 is 1.96 bits per heavy atom. The van der Waals surface area contributed by atoms with Gasteiger partial charge in [0.15, 0.2) is 4.77 Å². The Bertz CT molecular complexity index is 1070. The Morgan fingerprint density at radius 3 is 2.61 bits per heavy atom. The smallest absolute Gasteiger partial charge is 0.339 e. The molecule has 0 aliphatic heterocycles. The van der Waals surface area contributed by atoms with Crippen LogP contribution in [0.4, 0.5) is 0 Å². The summed E-state index contributed by atoms with van der Waals surface area (Å²) in [5.74, 6) is -1.72. The average Bonchev–Trinajstić information content (AvgIpc) is 2.46. The minimum atomic E-state index is -1.26. The lowest BCUT2D eigenvalue weighted by Crippen LogP contribution is -2.20. The molecule has 0 fully saturated rings. The molecule has 23 heavy (non-hydrogen) atoms. The molecule has 116 valence electrons. The van der Waals surface area contributed by atoms with E-state index in [2.05, 4.69) is 4.98 Å². The standard InChI is InChI=1S/C15H9ClN2O4S/c16-7-1-3-9-11(5-7)17-15(23)18(13(9)20)8-2-4-10(14(21)22)12(19)6-8/h1-6,19H,(H,17,23)(H,21,22). The molecule has 2 aromatic carbocycles. The van der Waals surface area contributed by atoms with E-state index in [9.17, 15) is 14.7 Å². The topological polar surface area (TPSA) is 95.3 Å². The number of carboxylic acids is 1. The highest BCUT2D eigenvalue weighted by atomic mass is 35.5. The summed E-state index contributed by atoms with van der Waals surface area (Å²) in [4.78, 5) is 26.5. The van der Waals surface area contributed by atoms with E-state index in [1.165, 1.54) is 22.8 Å². The number of phenols is 1.